The molecular formula is C23H33N3O4. The number of aliphatic hydroxyl groups is 1. The van der Waals surface area contributed by atoms with Gasteiger partial charge >= 0.3 is 0 Å². The maximum Gasteiger partial charge on any atom is 0.194 e. The minimum Gasteiger partial charge on any atom is -0.497 e. The highest BCUT2D eigenvalue weighted by atomic mass is 16.5. The van der Waals surface area contributed by atoms with Gasteiger partial charge in [-0.3, -0.25) is 4.99 Å². The molecule has 0 aliphatic heterocycles. The molecule has 0 spiro atoms. The third-order valence-corrected chi connectivity index (χ3v) is 4.52. The van der Waals surface area contributed by atoms with E-state index in [2.05, 4.69) is 10.3 Å². The summed E-state index contributed by atoms with van der Waals surface area (Å²) in [6.45, 7) is 6.27. The highest BCUT2D eigenvalue weighted by Gasteiger charge is 2.13. The van der Waals surface area contributed by atoms with Crippen molar-refractivity contribution in [3.05, 3.63) is 53.6 Å². The molecule has 2 N–H and O–H groups in total. The molecule has 30 heavy (non-hydrogen) atoms. The van der Waals surface area contributed by atoms with Crippen LogP contribution in [0.4, 0.5) is 0 Å². The van der Waals surface area contributed by atoms with Crippen LogP contribution >= 0.6 is 0 Å². The van der Waals surface area contributed by atoms with Crippen LogP contribution in [0.3, 0.4) is 0 Å². The first-order valence-corrected chi connectivity index (χ1v) is 10.1. The van der Waals surface area contributed by atoms with Gasteiger partial charge in [-0.15, -0.1) is 0 Å². The number of benzene rings is 2. The topological polar surface area (TPSA) is 75.6 Å². The molecule has 2 rings (SSSR count). The molecular weight excluding hydrogens is 382 g/mol. The lowest BCUT2D eigenvalue weighted by molar-refractivity contribution is 0.185. The quantitative estimate of drug-likeness (QED) is 0.458. The van der Waals surface area contributed by atoms with Crippen molar-refractivity contribution in [1.29, 1.82) is 0 Å². The molecule has 0 bridgehead atoms. The summed E-state index contributed by atoms with van der Waals surface area (Å²) in [6.07, 6.45) is -0.776. The van der Waals surface area contributed by atoms with Gasteiger partial charge < -0.3 is 29.5 Å². The average molecular weight is 416 g/mol. The van der Waals surface area contributed by atoms with Crippen molar-refractivity contribution in [3.63, 3.8) is 0 Å². The molecule has 164 valence electrons. The summed E-state index contributed by atoms with van der Waals surface area (Å²) in [4.78, 5) is 6.64. The van der Waals surface area contributed by atoms with Crippen LogP contribution in [0.5, 0.6) is 17.2 Å². The van der Waals surface area contributed by atoms with E-state index in [1.54, 1.807) is 32.4 Å². The van der Waals surface area contributed by atoms with E-state index in [-0.39, 0.29) is 6.54 Å². The van der Waals surface area contributed by atoms with Gasteiger partial charge in [0.05, 0.1) is 33.5 Å². The number of hydrogen-bond donors (Lipinski definition) is 2. The second-order valence-electron chi connectivity index (χ2n) is 6.79. The Balaban J connectivity index is 2.08. The molecule has 7 heteroatoms. The summed E-state index contributed by atoms with van der Waals surface area (Å²) >= 11 is 0. The SMILES string of the molecule is CCNC(=NCC(O)c1cc(OC)cc(OC)c1)N(C)Cc1ccc(OCC)cc1. The monoisotopic (exact) mass is 415 g/mol. The Morgan fingerprint density at radius 2 is 1.67 bits per heavy atom. The predicted molar refractivity (Wildman–Crippen MR) is 120 cm³/mol. The molecule has 0 aromatic heterocycles. The van der Waals surface area contributed by atoms with E-state index >= 15 is 0 Å². The summed E-state index contributed by atoms with van der Waals surface area (Å²) in [5.74, 6) is 2.85. The Morgan fingerprint density at radius 3 is 2.20 bits per heavy atom. The smallest absolute Gasteiger partial charge is 0.194 e. The van der Waals surface area contributed by atoms with Crippen LogP contribution in [0.1, 0.15) is 31.1 Å². The number of nitrogens with zero attached hydrogens (tertiary/aromatic N) is 2. The number of guanidine groups is 1. The fraction of sp³-hybridized carbons (Fsp3) is 0.435. The minimum absolute atomic E-state index is 0.215. The zero-order valence-electron chi connectivity index (χ0n) is 18.5. The van der Waals surface area contributed by atoms with Crippen molar-refractivity contribution in [1.82, 2.24) is 10.2 Å². The molecule has 0 radical (unpaired) electrons. The molecule has 0 saturated heterocycles. The van der Waals surface area contributed by atoms with Crippen LogP contribution in [0.15, 0.2) is 47.5 Å². The fourth-order valence-corrected chi connectivity index (χ4v) is 2.98. The van der Waals surface area contributed by atoms with Crippen LogP contribution in [0, 0.1) is 0 Å². The molecule has 0 aliphatic carbocycles. The lowest BCUT2D eigenvalue weighted by atomic mass is 10.1. The molecule has 1 atom stereocenters. The van der Waals surface area contributed by atoms with Gasteiger partial charge in [0.25, 0.3) is 0 Å². The van der Waals surface area contributed by atoms with Crippen LogP contribution < -0.4 is 19.5 Å². The predicted octanol–water partition coefficient (Wildman–Crippen LogP) is 3.23. The van der Waals surface area contributed by atoms with E-state index in [1.807, 2.05) is 50.1 Å². The van der Waals surface area contributed by atoms with E-state index in [4.69, 9.17) is 14.2 Å². The molecule has 1 unspecified atom stereocenters. The number of aliphatic hydroxyl groups excluding tert-OH is 1. The first-order chi connectivity index (χ1) is 14.5. The van der Waals surface area contributed by atoms with Crippen LogP contribution in [-0.2, 0) is 6.54 Å². The second-order valence-corrected chi connectivity index (χ2v) is 6.79. The Bertz CT molecular complexity index is 786. The number of aliphatic imine (C=N–C) groups is 1. The van der Waals surface area contributed by atoms with Gasteiger partial charge in [-0.1, -0.05) is 12.1 Å². The van der Waals surface area contributed by atoms with Crippen LogP contribution in [-0.4, -0.2) is 56.9 Å². The standard InChI is InChI=1S/C23H33N3O4/c1-6-24-23(26(3)16-17-8-10-19(11-9-17)30-7-2)25-15-22(27)18-12-20(28-4)14-21(13-18)29-5/h8-14,22,27H,6-7,15-16H2,1-5H3,(H,24,25). The highest BCUT2D eigenvalue weighted by Crippen LogP contribution is 2.26. The lowest BCUT2D eigenvalue weighted by Crippen LogP contribution is -2.38. The number of rotatable bonds is 10. The second kappa shape index (κ2) is 11.9. The van der Waals surface area contributed by atoms with E-state index in [0.29, 0.717) is 30.2 Å². The van der Waals surface area contributed by atoms with Gasteiger partial charge in [-0.05, 0) is 49.2 Å². The lowest BCUT2D eigenvalue weighted by Gasteiger charge is -2.23. The van der Waals surface area contributed by atoms with Gasteiger partial charge in [0.15, 0.2) is 5.96 Å². The molecule has 0 heterocycles. The zero-order valence-corrected chi connectivity index (χ0v) is 18.5. The largest absolute Gasteiger partial charge is 0.497 e. The summed E-state index contributed by atoms with van der Waals surface area (Å²) < 4.78 is 16.1. The average Bonchev–Trinajstić information content (AvgIpc) is 2.77. The van der Waals surface area contributed by atoms with Crippen LogP contribution in [0.2, 0.25) is 0 Å². The van der Waals surface area contributed by atoms with E-state index in [9.17, 15) is 5.11 Å². The molecule has 0 fully saturated rings. The number of ether oxygens (including phenoxy) is 3. The summed E-state index contributed by atoms with van der Waals surface area (Å²) in [6, 6.07) is 13.4. The van der Waals surface area contributed by atoms with Crippen molar-refractivity contribution >= 4 is 5.96 Å². The van der Waals surface area contributed by atoms with Crippen molar-refractivity contribution in [2.75, 3.05) is 41.0 Å². The molecule has 0 amide bonds. The van der Waals surface area contributed by atoms with Crippen molar-refractivity contribution in [2.45, 2.75) is 26.5 Å². The normalized spacial score (nSPS) is 12.3. The fourth-order valence-electron chi connectivity index (χ4n) is 2.98. The number of nitrogens with one attached hydrogen (secondary N) is 1. The maximum absolute atomic E-state index is 10.7. The Kier molecular flexibility index (Phi) is 9.28. The Hall–Kier alpha value is -2.93. The molecule has 2 aromatic rings. The van der Waals surface area contributed by atoms with E-state index in [1.165, 1.54) is 0 Å². The summed E-state index contributed by atoms with van der Waals surface area (Å²) in [7, 11) is 5.14. The van der Waals surface area contributed by atoms with Gasteiger partial charge in [-0.25, -0.2) is 0 Å². The first-order valence-electron chi connectivity index (χ1n) is 10.1. The van der Waals surface area contributed by atoms with Crippen LogP contribution in [0.25, 0.3) is 0 Å². The zero-order chi connectivity index (χ0) is 21.9. The van der Waals surface area contributed by atoms with Gasteiger partial charge in [0.2, 0.25) is 0 Å². The minimum atomic E-state index is -0.776. The third kappa shape index (κ3) is 6.84. The van der Waals surface area contributed by atoms with Crippen molar-refractivity contribution in [3.8, 4) is 17.2 Å². The maximum atomic E-state index is 10.7. The highest BCUT2D eigenvalue weighted by molar-refractivity contribution is 5.79. The molecule has 0 saturated carbocycles. The molecule has 2 aromatic carbocycles. The molecule has 0 aliphatic rings. The first kappa shape index (κ1) is 23.3. The van der Waals surface area contributed by atoms with Gasteiger partial charge in [0.1, 0.15) is 17.2 Å². The van der Waals surface area contributed by atoms with Gasteiger partial charge in [0, 0.05) is 26.2 Å². The Morgan fingerprint density at radius 1 is 1.03 bits per heavy atom. The third-order valence-electron chi connectivity index (χ3n) is 4.52. The van der Waals surface area contributed by atoms with Gasteiger partial charge in [-0.2, -0.15) is 0 Å². The van der Waals surface area contributed by atoms with Crippen molar-refractivity contribution in [2.24, 2.45) is 4.99 Å². The summed E-state index contributed by atoms with van der Waals surface area (Å²) in [5, 5.41) is 13.9. The number of hydrogen-bond acceptors (Lipinski definition) is 5. The summed E-state index contributed by atoms with van der Waals surface area (Å²) in [5.41, 5.74) is 1.84. The Labute approximate surface area is 179 Å². The van der Waals surface area contributed by atoms with Crippen molar-refractivity contribution < 1.29 is 19.3 Å². The van der Waals surface area contributed by atoms with E-state index in [0.717, 1.165) is 23.8 Å². The van der Waals surface area contributed by atoms with E-state index < -0.39 is 6.10 Å². The number of methoxy groups -OCH3 is 2. The molecule has 7 nitrogen and oxygen atoms in total.